The lowest BCUT2D eigenvalue weighted by molar-refractivity contribution is -0.0912. The molecule has 0 saturated carbocycles. The van der Waals surface area contributed by atoms with Gasteiger partial charge in [-0.15, -0.1) is 0 Å². The Morgan fingerprint density at radius 2 is 1.92 bits per heavy atom. The molecular formula is C10H13F3. The summed E-state index contributed by atoms with van der Waals surface area (Å²) in [5.41, 5.74) is 0.207. The van der Waals surface area contributed by atoms with E-state index in [1.165, 1.54) is 6.08 Å². The van der Waals surface area contributed by atoms with E-state index in [1.54, 1.807) is 6.08 Å². The van der Waals surface area contributed by atoms with Crippen LogP contribution in [-0.4, -0.2) is 6.18 Å². The summed E-state index contributed by atoms with van der Waals surface area (Å²) in [4.78, 5) is 0. The molecule has 0 N–H and O–H groups in total. The van der Waals surface area contributed by atoms with Crippen LogP contribution in [0.25, 0.3) is 0 Å². The van der Waals surface area contributed by atoms with Crippen molar-refractivity contribution < 1.29 is 13.2 Å². The van der Waals surface area contributed by atoms with E-state index in [9.17, 15) is 13.2 Å². The number of rotatable bonds is 3. The molecule has 0 amide bonds. The van der Waals surface area contributed by atoms with Crippen molar-refractivity contribution in [2.75, 3.05) is 0 Å². The molecule has 0 aliphatic heterocycles. The van der Waals surface area contributed by atoms with Gasteiger partial charge in [0, 0.05) is 5.57 Å². The van der Waals surface area contributed by atoms with Crippen molar-refractivity contribution in [1.82, 2.24) is 0 Å². The average Bonchev–Trinajstić information content (AvgIpc) is 2.02. The molecule has 74 valence electrons. The maximum Gasteiger partial charge on any atom is 0.412 e. The Morgan fingerprint density at radius 1 is 1.38 bits per heavy atom. The average molecular weight is 190 g/mol. The van der Waals surface area contributed by atoms with Crippen LogP contribution < -0.4 is 0 Å². The summed E-state index contributed by atoms with van der Waals surface area (Å²) >= 11 is 0. The van der Waals surface area contributed by atoms with Crippen molar-refractivity contribution in [3.05, 3.63) is 36.0 Å². The van der Waals surface area contributed by atoms with Crippen LogP contribution in [0, 0.1) is 0 Å². The number of hydrogen-bond acceptors (Lipinski definition) is 0. The summed E-state index contributed by atoms with van der Waals surface area (Å²) in [7, 11) is 0. The summed E-state index contributed by atoms with van der Waals surface area (Å²) in [5.74, 6) is 0. The molecule has 0 aromatic carbocycles. The Morgan fingerprint density at radius 3 is 2.31 bits per heavy atom. The van der Waals surface area contributed by atoms with Gasteiger partial charge in [0.15, 0.2) is 0 Å². The second-order valence-electron chi connectivity index (χ2n) is 2.72. The van der Waals surface area contributed by atoms with Gasteiger partial charge in [0.25, 0.3) is 0 Å². The first-order chi connectivity index (χ1) is 5.88. The number of allylic oxidation sites excluding steroid dienone is 5. The van der Waals surface area contributed by atoms with E-state index in [0.717, 1.165) is 25.0 Å². The van der Waals surface area contributed by atoms with Gasteiger partial charge in [0.1, 0.15) is 0 Å². The highest BCUT2D eigenvalue weighted by molar-refractivity contribution is 5.22. The lowest BCUT2D eigenvalue weighted by Crippen LogP contribution is -2.08. The second kappa shape index (κ2) is 4.90. The highest BCUT2D eigenvalue weighted by atomic mass is 19.4. The van der Waals surface area contributed by atoms with Crippen LogP contribution >= 0.6 is 0 Å². The summed E-state index contributed by atoms with van der Waals surface area (Å²) in [6.45, 7) is 6.57. The van der Waals surface area contributed by atoms with E-state index < -0.39 is 11.7 Å². The first-order valence-corrected chi connectivity index (χ1v) is 3.98. The van der Waals surface area contributed by atoms with E-state index in [2.05, 4.69) is 6.58 Å². The topological polar surface area (TPSA) is 0 Å². The minimum absolute atomic E-state index is 0.604. The molecule has 0 aromatic heterocycles. The zero-order valence-electron chi connectivity index (χ0n) is 7.78. The van der Waals surface area contributed by atoms with Crippen molar-refractivity contribution in [2.24, 2.45) is 0 Å². The van der Waals surface area contributed by atoms with E-state index in [4.69, 9.17) is 0 Å². The molecule has 0 aromatic rings. The van der Waals surface area contributed by atoms with Gasteiger partial charge in [-0.25, -0.2) is 0 Å². The second-order valence-corrected chi connectivity index (χ2v) is 2.72. The van der Waals surface area contributed by atoms with Gasteiger partial charge in [0.2, 0.25) is 0 Å². The van der Waals surface area contributed by atoms with Gasteiger partial charge >= 0.3 is 6.18 Å². The van der Waals surface area contributed by atoms with Crippen molar-refractivity contribution in [3.8, 4) is 0 Å². The van der Waals surface area contributed by atoms with E-state index >= 15 is 0 Å². The minimum Gasteiger partial charge on any atom is -0.166 e. The normalized spacial score (nSPS) is 13.8. The summed E-state index contributed by atoms with van der Waals surface area (Å²) in [5, 5.41) is 0. The highest BCUT2D eigenvalue weighted by Crippen LogP contribution is 2.24. The summed E-state index contributed by atoms with van der Waals surface area (Å²) < 4.78 is 35.8. The zero-order valence-corrected chi connectivity index (χ0v) is 7.78. The maximum absolute atomic E-state index is 11.9. The third-order valence-corrected chi connectivity index (χ3v) is 1.58. The van der Waals surface area contributed by atoms with Crippen LogP contribution in [0.3, 0.4) is 0 Å². The molecule has 0 aliphatic rings. The van der Waals surface area contributed by atoms with Crippen LogP contribution in [0.2, 0.25) is 0 Å². The molecule has 0 nitrogen and oxygen atoms in total. The smallest absolute Gasteiger partial charge is 0.166 e. The van der Waals surface area contributed by atoms with Crippen LogP contribution in [0.15, 0.2) is 36.0 Å². The molecule has 0 bridgehead atoms. The van der Waals surface area contributed by atoms with Gasteiger partial charge in [0.05, 0.1) is 0 Å². The summed E-state index contributed by atoms with van der Waals surface area (Å²) in [6, 6.07) is 0. The molecule has 0 heterocycles. The van der Waals surface area contributed by atoms with Crippen molar-refractivity contribution >= 4 is 0 Å². The Labute approximate surface area is 76.5 Å². The molecule has 0 atom stereocenters. The predicted molar refractivity (Wildman–Crippen MR) is 48.4 cm³/mol. The predicted octanol–water partition coefficient (Wildman–Crippen LogP) is 4.02. The molecule has 0 spiro atoms. The Balaban J connectivity index is 4.28. The fourth-order valence-electron chi connectivity index (χ4n) is 0.541. The van der Waals surface area contributed by atoms with Crippen molar-refractivity contribution in [3.63, 3.8) is 0 Å². The molecule has 3 heteroatoms. The molecule has 0 unspecified atom stereocenters. The number of hydrogen-bond donors (Lipinski definition) is 0. The van der Waals surface area contributed by atoms with Crippen LogP contribution in [0.5, 0.6) is 0 Å². The first-order valence-electron chi connectivity index (χ1n) is 3.98. The molecular weight excluding hydrogens is 177 g/mol. The molecule has 0 fully saturated rings. The monoisotopic (exact) mass is 190 g/mol. The first kappa shape index (κ1) is 12.0. The lowest BCUT2D eigenvalue weighted by Gasteiger charge is -2.03. The van der Waals surface area contributed by atoms with E-state index in [0.29, 0.717) is 0 Å². The number of alkyl halides is 3. The van der Waals surface area contributed by atoms with Gasteiger partial charge in [-0.3, -0.25) is 0 Å². The molecule has 0 radical (unpaired) electrons. The Bertz CT molecular complexity index is 231. The van der Waals surface area contributed by atoms with E-state index in [1.807, 2.05) is 6.92 Å². The van der Waals surface area contributed by atoms with Crippen LogP contribution in [0.4, 0.5) is 13.2 Å². The number of halogens is 3. The highest BCUT2D eigenvalue weighted by Gasteiger charge is 2.29. The minimum atomic E-state index is -4.22. The van der Waals surface area contributed by atoms with Crippen molar-refractivity contribution in [2.45, 2.75) is 26.4 Å². The fourth-order valence-corrected chi connectivity index (χ4v) is 0.541. The van der Waals surface area contributed by atoms with Gasteiger partial charge in [-0.2, -0.15) is 13.2 Å². The third-order valence-electron chi connectivity index (χ3n) is 1.58. The Hall–Kier alpha value is -0.990. The van der Waals surface area contributed by atoms with Crippen LogP contribution in [-0.2, 0) is 0 Å². The van der Waals surface area contributed by atoms with E-state index in [-0.39, 0.29) is 0 Å². The SMILES string of the molecule is C=C(/C=C\C=C(/C)C(F)(F)F)CC. The molecule has 13 heavy (non-hydrogen) atoms. The van der Waals surface area contributed by atoms with Gasteiger partial charge in [-0.05, 0) is 13.3 Å². The Kier molecular flexibility index (Phi) is 4.52. The molecule has 0 rings (SSSR count). The largest absolute Gasteiger partial charge is 0.412 e. The lowest BCUT2D eigenvalue weighted by atomic mass is 10.2. The van der Waals surface area contributed by atoms with Gasteiger partial charge < -0.3 is 0 Å². The quantitative estimate of drug-likeness (QED) is 0.589. The van der Waals surface area contributed by atoms with Gasteiger partial charge in [-0.1, -0.05) is 37.3 Å². The molecule has 0 aliphatic carbocycles. The standard InChI is InChI=1S/C10H13F3/c1-4-8(2)6-5-7-9(3)10(11,12)13/h5-7H,2,4H2,1,3H3/b6-5-,9-7+. The molecule has 0 saturated heterocycles. The fraction of sp³-hybridized carbons (Fsp3) is 0.400. The van der Waals surface area contributed by atoms with Crippen molar-refractivity contribution in [1.29, 1.82) is 0 Å². The third kappa shape index (κ3) is 5.28. The van der Waals surface area contributed by atoms with Crippen LogP contribution in [0.1, 0.15) is 20.3 Å². The zero-order chi connectivity index (χ0) is 10.5. The maximum atomic E-state index is 11.9. The summed E-state index contributed by atoms with van der Waals surface area (Å²) in [6.07, 6.45) is 0.512.